The van der Waals surface area contributed by atoms with Gasteiger partial charge < -0.3 is 5.32 Å². The van der Waals surface area contributed by atoms with Crippen molar-refractivity contribution in [3.8, 4) is 0 Å². The summed E-state index contributed by atoms with van der Waals surface area (Å²) in [6.07, 6.45) is 4.96. The van der Waals surface area contributed by atoms with Gasteiger partial charge in [-0.05, 0) is 56.2 Å². The fourth-order valence-electron chi connectivity index (χ4n) is 3.97. The second-order valence-corrected chi connectivity index (χ2v) is 8.84. The highest BCUT2D eigenvalue weighted by Gasteiger charge is 2.24. The number of thiophene rings is 1. The fraction of sp³-hybridized carbons (Fsp3) is 0.333. The zero-order valence-corrected chi connectivity index (χ0v) is 16.9. The molecule has 1 amide bonds. The van der Waals surface area contributed by atoms with E-state index in [1.54, 1.807) is 22.2 Å². The molecule has 5 rings (SSSR count). The van der Waals surface area contributed by atoms with E-state index in [2.05, 4.69) is 27.3 Å². The number of carbonyl (C=O) groups excluding carboxylic acids is 1. The van der Waals surface area contributed by atoms with Crippen molar-refractivity contribution in [3.05, 3.63) is 51.9 Å². The standard InChI is InChI=1S/C21H21N5OS/c1-11-5-7-15(13(3)8-11)23-20(27)18-24-19-17-14-6-4-12(2)9-16(14)28-21(17)22-10-26(19)25-18/h5,7-8,10,12H,4,6,9H2,1-3H3,(H,23,27)/t12-/m0/s1. The first-order valence-electron chi connectivity index (χ1n) is 9.54. The summed E-state index contributed by atoms with van der Waals surface area (Å²) in [6, 6.07) is 5.93. The summed E-state index contributed by atoms with van der Waals surface area (Å²) in [7, 11) is 0. The zero-order valence-electron chi connectivity index (χ0n) is 16.1. The molecule has 0 fully saturated rings. The van der Waals surface area contributed by atoms with Gasteiger partial charge in [0.2, 0.25) is 5.82 Å². The number of aryl methyl sites for hydroxylation is 3. The zero-order chi connectivity index (χ0) is 19.4. The molecule has 3 heterocycles. The molecular formula is C21H21N5OS. The highest BCUT2D eigenvalue weighted by Crippen LogP contribution is 2.38. The van der Waals surface area contributed by atoms with Crippen LogP contribution in [0.25, 0.3) is 15.9 Å². The number of nitrogens with one attached hydrogen (secondary N) is 1. The molecule has 0 spiro atoms. The molecule has 0 radical (unpaired) electrons. The van der Waals surface area contributed by atoms with Crippen LogP contribution in [0.2, 0.25) is 0 Å². The molecule has 1 N–H and O–H groups in total. The van der Waals surface area contributed by atoms with Crippen LogP contribution in [0.3, 0.4) is 0 Å². The second-order valence-electron chi connectivity index (χ2n) is 7.75. The number of amides is 1. The quantitative estimate of drug-likeness (QED) is 0.552. The number of nitrogens with zero attached hydrogens (tertiary/aromatic N) is 4. The highest BCUT2D eigenvalue weighted by atomic mass is 32.1. The average molecular weight is 392 g/mol. The van der Waals surface area contributed by atoms with Crippen LogP contribution in [0.1, 0.15) is 45.5 Å². The SMILES string of the molecule is Cc1ccc(NC(=O)c2nc3c4c5c(sc4ncn3n2)C[C@@H](C)CC5)c(C)c1. The van der Waals surface area contributed by atoms with E-state index in [4.69, 9.17) is 0 Å². The number of hydrogen-bond donors (Lipinski definition) is 1. The van der Waals surface area contributed by atoms with Crippen LogP contribution in [-0.4, -0.2) is 25.5 Å². The van der Waals surface area contributed by atoms with E-state index in [9.17, 15) is 4.79 Å². The van der Waals surface area contributed by atoms with Crippen molar-refractivity contribution in [1.82, 2.24) is 19.6 Å². The molecule has 1 aromatic carbocycles. The van der Waals surface area contributed by atoms with Crippen LogP contribution in [0.5, 0.6) is 0 Å². The van der Waals surface area contributed by atoms with Crippen LogP contribution in [0.4, 0.5) is 5.69 Å². The van der Waals surface area contributed by atoms with Gasteiger partial charge in [-0.2, -0.15) is 0 Å². The first kappa shape index (κ1) is 17.3. The molecule has 0 saturated carbocycles. The maximum atomic E-state index is 12.8. The number of benzene rings is 1. The molecule has 3 aromatic heterocycles. The Balaban J connectivity index is 1.56. The number of hydrogen-bond acceptors (Lipinski definition) is 5. The Kier molecular flexibility index (Phi) is 3.94. The first-order chi connectivity index (χ1) is 13.5. The van der Waals surface area contributed by atoms with Crippen molar-refractivity contribution in [3.63, 3.8) is 0 Å². The largest absolute Gasteiger partial charge is 0.319 e. The summed E-state index contributed by atoms with van der Waals surface area (Å²) in [6.45, 7) is 6.30. The minimum atomic E-state index is -0.304. The number of carbonyl (C=O) groups is 1. The lowest BCUT2D eigenvalue weighted by molar-refractivity contribution is 0.101. The third kappa shape index (κ3) is 2.77. The molecule has 1 atom stereocenters. The van der Waals surface area contributed by atoms with E-state index >= 15 is 0 Å². The summed E-state index contributed by atoms with van der Waals surface area (Å²) < 4.78 is 1.63. The first-order valence-corrected chi connectivity index (χ1v) is 10.4. The third-order valence-electron chi connectivity index (χ3n) is 5.47. The summed E-state index contributed by atoms with van der Waals surface area (Å²) in [4.78, 5) is 24.3. The van der Waals surface area contributed by atoms with Gasteiger partial charge in [-0.1, -0.05) is 24.6 Å². The summed E-state index contributed by atoms with van der Waals surface area (Å²) in [5, 5.41) is 8.38. The third-order valence-corrected chi connectivity index (χ3v) is 6.63. The number of anilines is 1. The van der Waals surface area contributed by atoms with E-state index in [0.29, 0.717) is 5.92 Å². The monoisotopic (exact) mass is 391 g/mol. The Labute approximate surface area is 166 Å². The molecule has 0 bridgehead atoms. The Hall–Kier alpha value is -2.80. The maximum absolute atomic E-state index is 12.8. The van der Waals surface area contributed by atoms with E-state index < -0.39 is 0 Å². The van der Waals surface area contributed by atoms with E-state index in [0.717, 1.165) is 45.5 Å². The van der Waals surface area contributed by atoms with Crippen LogP contribution in [-0.2, 0) is 12.8 Å². The predicted molar refractivity (Wildman–Crippen MR) is 111 cm³/mol. The van der Waals surface area contributed by atoms with Crippen molar-refractivity contribution >= 4 is 38.8 Å². The lowest BCUT2D eigenvalue weighted by Crippen LogP contribution is -2.14. The van der Waals surface area contributed by atoms with Gasteiger partial charge >= 0.3 is 0 Å². The molecule has 0 aliphatic heterocycles. The van der Waals surface area contributed by atoms with Crippen molar-refractivity contribution in [2.24, 2.45) is 5.92 Å². The van der Waals surface area contributed by atoms with Crippen molar-refractivity contribution in [2.45, 2.75) is 40.0 Å². The Morgan fingerprint density at radius 1 is 1.32 bits per heavy atom. The van der Waals surface area contributed by atoms with Crippen LogP contribution >= 0.6 is 11.3 Å². The molecule has 0 unspecified atom stereocenters. The topological polar surface area (TPSA) is 72.2 Å². The Morgan fingerprint density at radius 2 is 2.18 bits per heavy atom. The summed E-state index contributed by atoms with van der Waals surface area (Å²) in [5.74, 6) is 0.563. The van der Waals surface area contributed by atoms with Crippen LogP contribution in [0, 0.1) is 19.8 Å². The van der Waals surface area contributed by atoms with E-state index in [1.165, 1.54) is 16.9 Å². The smallest absolute Gasteiger partial charge is 0.295 e. The highest BCUT2D eigenvalue weighted by molar-refractivity contribution is 7.19. The average Bonchev–Trinajstić information content (AvgIpc) is 3.24. The van der Waals surface area contributed by atoms with Gasteiger partial charge in [0.05, 0.1) is 5.39 Å². The number of aromatic nitrogens is 4. The van der Waals surface area contributed by atoms with Gasteiger partial charge in [0.25, 0.3) is 5.91 Å². The minimum Gasteiger partial charge on any atom is -0.319 e. The summed E-state index contributed by atoms with van der Waals surface area (Å²) >= 11 is 1.75. The molecule has 28 heavy (non-hydrogen) atoms. The predicted octanol–water partition coefficient (Wildman–Crippen LogP) is 4.33. The normalized spacial score (nSPS) is 16.5. The minimum absolute atomic E-state index is 0.165. The molecule has 4 aromatic rings. The lowest BCUT2D eigenvalue weighted by atomic mass is 9.89. The molecular weight excluding hydrogens is 370 g/mol. The van der Waals surface area contributed by atoms with Crippen LogP contribution in [0.15, 0.2) is 24.5 Å². The van der Waals surface area contributed by atoms with Crippen molar-refractivity contribution in [1.29, 1.82) is 0 Å². The molecule has 7 heteroatoms. The lowest BCUT2D eigenvalue weighted by Gasteiger charge is -2.17. The van der Waals surface area contributed by atoms with Crippen molar-refractivity contribution < 1.29 is 4.79 Å². The molecule has 0 saturated heterocycles. The molecule has 142 valence electrons. The number of rotatable bonds is 2. The van der Waals surface area contributed by atoms with Crippen LogP contribution < -0.4 is 5.32 Å². The fourth-order valence-corrected chi connectivity index (χ4v) is 5.31. The second kappa shape index (κ2) is 6.38. The summed E-state index contributed by atoms with van der Waals surface area (Å²) in [5.41, 5.74) is 5.01. The maximum Gasteiger partial charge on any atom is 0.295 e. The molecule has 1 aliphatic rings. The van der Waals surface area contributed by atoms with Gasteiger partial charge in [0, 0.05) is 10.6 Å². The van der Waals surface area contributed by atoms with Gasteiger partial charge in [-0.3, -0.25) is 4.79 Å². The molecule has 1 aliphatic carbocycles. The Morgan fingerprint density at radius 3 is 3.00 bits per heavy atom. The van der Waals surface area contributed by atoms with E-state index in [1.807, 2.05) is 32.0 Å². The van der Waals surface area contributed by atoms with Gasteiger partial charge in [0.1, 0.15) is 11.2 Å². The van der Waals surface area contributed by atoms with Gasteiger partial charge in [-0.25, -0.2) is 14.5 Å². The van der Waals surface area contributed by atoms with Gasteiger partial charge in [0.15, 0.2) is 5.65 Å². The van der Waals surface area contributed by atoms with Crippen molar-refractivity contribution in [2.75, 3.05) is 5.32 Å². The molecule has 6 nitrogen and oxygen atoms in total. The van der Waals surface area contributed by atoms with Gasteiger partial charge in [-0.15, -0.1) is 16.4 Å². The Bertz CT molecular complexity index is 1240. The van der Waals surface area contributed by atoms with E-state index in [-0.39, 0.29) is 11.7 Å². The number of fused-ring (bicyclic) bond motifs is 5.